The van der Waals surface area contributed by atoms with Gasteiger partial charge in [0.1, 0.15) is 17.2 Å². The summed E-state index contributed by atoms with van der Waals surface area (Å²) in [6.45, 7) is 3.54. The van der Waals surface area contributed by atoms with E-state index in [0.29, 0.717) is 16.7 Å². The standard InChI is InChI=1S/C22H15FN2O4/c1-11-7-8-16-14(9-11)20(26)18-19(13-5-3-4-6-15(13)23)25(22(27)21(18)28-16)17-10-12(2)29-24-17/h3-10,19H,1-2H3/t19-/m0/s1. The van der Waals surface area contributed by atoms with Crippen LogP contribution in [0.1, 0.15) is 39.0 Å². The lowest BCUT2D eigenvalue weighted by Gasteiger charge is -2.22. The van der Waals surface area contributed by atoms with Gasteiger partial charge in [0.2, 0.25) is 5.76 Å². The van der Waals surface area contributed by atoms with Gasteiger partial charge in [-0.25, -0.2) is 4.39 Å². The number of carbonyl (C=O) groups is 1. The van der Waals surface area contributed by atoms with Crippen LogP contribution in [0.25, 0.3) is 11.0 Å². The van der Waals surface area contributed by atoms with Gasteiger partial charge in [-0.3, -0.25) is 14.5 Å². The molecule has 0 aliphatic carbocycles. The first kappa shape index (κ1) is 17.4. The van der Waals surface area contributed by atoms with Crippen molar-refractivity contribution >= 4 is 22.7 Å². The largest absolute Gasteiger partial charge is 0.450 e. The summed E-state index contributed by atoms with van der Waals surface area (Å²) in [6, 6.07) is 11.7. The highest BCUT2D eigenvalue weighted by atomic mass is 19.1. The molecule has 1 aliphatic heterocycles. The Labute approximate surface area is 164 Å². The molecule has 2 aromatic heterocycles. The molecular weight excluding hydrogens is 375 g/mol. The zero-order chi connectivity index (χ0) is 20.3. The number of rotatable bonds is 2. The molecule has 1 atom stereocenters. The zero-order valence-electron chi connectivity index (χ0n) is 15.6. The van der Waals surface area contributed by atoms with Crippen LogP contribution in [0.5, 0.6) is 0 Å². The highest BCUT2D eigenvalue weighted by Crippen LogP contribution is 2.41. The van der Waals surface area contributed by atoms with Crippen LogP contribution in [-0.4, -0.2) is 11.1 Å². The number of aromatic nitrogens is 1. The summed E-state index contributed by atoms with van der Waals surface area (Å²) in [5.74, 6) is -0.545. The van der Waals surface area contributed by atoms with E-state index in [1.807, 2.05) is 6.92 Å². The average molecular weight is 390 g/mol. The topological polar surface area (TPSA) is 76.6 Å². The molecule has 0 unspecified atom stereocenters. The van der Waals surface area contributed by atoms with Gasteiger partial charge >= 0.3 is 0 Å². The number of halogens is 1. The summed E-state index contributed by atoms with van der Waals surface area (Å²) in [6.07, 6.45) is 0. The van der Waals surface area contributed by atoms with E-state index >= 15 is 0 Å². The number of carbonyl (C=O) groups excluding carboxylic acids is 1. The molecule has 2 aromatic carbocycles. The van der Waals surface area contributed by atoms with E-state index in [1.54, 1.807) is 49.4 Å². The zero-order valence-corrected chi connectivity index (χ0v) is 15.6. The lowest BCUT2D eigenvalue weighted by molar-refractivity contribution is 0.0969. The minimum atomic E-state index is -1.01. The van der Waals surface area contributed by atoms with Crippen molar-refractivity contribution in [2.45, 2.75) is 19.9 Å². The molecule has 0 radical (unpaired) electrons. The Hall–Kier alpha value is -3.74. The Kier molecular flexibility index (Phi) is 3.67. The molecule has 6 nitrogen and oxygen atoms in total. The van der Waals surface area contributed by atoms with Crippen molar-refractivity contribution in [1.82, 2.24) is 5.16 Å². The molecule has 5 rings (SSSR count). The number of benzene rings is 2. The summed E-state index contributed by atoms with van der Waals surface area (Å²) < 4.78 is 25.7. The number of hydrogen-bond acceptors (Lipinski definition) is 5. The quantitative estimate of drug-likeness (QED) is 0.510. The van der Waals surface area contributed by atoms with Gasteiger partial charge in [-0.15, -0.1) is 0 Å². The van der Waals surface area contributed by atoms with Crippen molar-refractivity contribution < 1.29 is 18.1 Å². The fourth-order valence-electron chi connectivity index (χ4n) is 3.78. The molecule has 0 saturated heterocycles. The highest BCUT2D eigenvalue weighted by Gasteiger charge is 2.45. The summed E-state index contributed by atoms with van der Waals surface area (Å²) in [7, 11) is 0. The third kappa shape index (κ3) is 2.51. The summed E-state index contributed by atoms with van der Waals surface area (Å²) in [4.78, 5) is 27.9. The first-order valence-electron chi connectivity index (χ1n) is 9.04. The molecule has 0 N–H and O–H groups in total. The molecule has 144 valence electrons. The van der Waals surface area contributed by atoms with Gasteiger partial charge in [0.15, 0.2) is 11.2 Å². The maximum absolute atomic E-state index is 14.8. The lowest BCUT2D eigenvalue weighted by Crippen LogP contribution is -2.30. The minimum absolute atomic E-state index is 0.0962. The van der Waals surface area contributed by atoms with Crippen molar-refractivity contribution in [3.05, 3.63) is 92.8 Å². The van der Waals surface area contributed by atoms with E-state index in [0.717, 1.165) is 5.56 Å². The second-order valence-corrected chi connectivity index (χ2v) is 7.07. The molecular formula is C22H15FN2O4. The normalized spacial score (nSPS) is 15.9. The molecule has 29 heavy (non-hydrogen) atoms. The van der Waals surface area contributed by atoms with Crippen molar-refractivity contribution in [2.75, 3.05) is 4.90 Å². The van der Waals surface area contributed by atoms with E-state index in [2.05, 4.69) is 5.16 Å². The number of hydrogen-bond donors (Lipinski definition) is 0. The molecule has 0 spiro atoms. The highest BCUT2D eigenvalue weighted by molar-refractivity contribution is 6.10. The average Bonchev–Trinajstić information content (AvgIpc) is 3.24. The second kappa shape index (κ2) is 6.13. The first-order chi connectivity index (χ1) is 14.0. The molecule has 1 amide bonds. The van der Waals surface area contributed by atoms with Crippen LogP contribution in [-0.2, 0) is 0 Å². The number of anilines is 1. The molecule has 4 aromatic rings. The monoisotopic (exact) mass is 390 g/mol. The van der Waals surface area contributed by atoms with Crippen molar-refractivity contribution in [2.24, 2.45) is 0 Å². The van der Waals surface area contributed by atoms with Gasteiger partial charge in [-0.1, -0.05) is 35.0 Å². The van der Waals surface area contributed by atoms with Crippen LogP contribution in [0.4, 0.5) is 10.2 Å². The molecule has 0 saturated carbocycles. The SMILES string of the molecule is Cc1ccc2oc3c(c(=O)c2c1)[C@H](c1ccccc1F)N(c1cc(C)on1)C3=O. The predicted octanol–water partition coefficient (Wildman–Crippen LogP) is 4.29. The van der Waals surface area contributed by atoms with E-state index in [1.165, 1.54) is 11.0 Å². The van der Waals surface area contributed by atoms with Crippen LogP contribution in [0, 0.1) is 19.7 Å². The number of fused-ring (bicyclic) bond motifs is 2. The summed E-state index contributed by atoms with van der Waals surface area (Å²) in [5, 5.41) is 4.26. The Balaban J connectivity index is 1.86. The van der Waals surface area contributed by atoms with Crippen LogP contribution in [0.2, 0.25) is 0 Å². The molecule has 7 heteroatoms. The maximum Gasteiger partial charge on any atom is 0.296 e. The third-order valence-electron chi connectivity index (χ3n) is 5.09. The molecule has 1 aliphatic rings. The number of amides is 1. The van der Waals surface area contributed by atoms with Crippen LogP contribution >= 0.6 is 0 Å². The van der Waals surface area contributed by atoms with Crippen molar-refractivity contribution in [1.29, 1.82) is 0 Å². The Morgan fingerprint density at radius 1 is 1.07 bits per heavy atom. The van der Waals surface area contributed by atoms with Crippen LogP contribution in [0.3, 0.4) is 0 Å². The number of nitrogens with zero attached hydrogens (tertiary/aromatic N) is 2. The van der Waals surface area contributed by atoms with Gasteiger partial charge in [0.25, 0.3) is 5.91 Å². The van der Waals surface area contributed by atoms with Gasteiger partial charge in [0.05, 0.1) is 17.0 Å². The molecule has 0 fully saturated rings. The van der Waals surface area contributed by atoms with E-state index < -0.39 is 17.8 Å². The van der Waals surface area contributed by atoms with Gasteiger partial charge < -0.3 is 8.94 Å². The summed E-state index contributed by atoms with van der Waals surface area (Å²) >= 11 is 0. The Morgan fingerprint density at radius 2 is 1.86 bits per heavy atom. The minimum Gasteiger partial charge on any atom is -0.450 e. The lowest BCUT2D eigenvalue weighted by atomic mass is 9.97. The second-order valence-electron chi connectivity index (χ2n) is 7.07. The summed E-state index contributed by atoms with van der Waals surface area (Å²) in [5.41, 5.74) is 1.09. The fourth-order valence-corrected chi connectivity index (χ4v) is 3.78. The van der Waals surface area contributed by atoms with Crippen molar-refractivity contribution in [3.8, 4) is 0 Å². The Bertz CT molecular complexity index is 1350. The smallest absolute Gasteiger partial charge is 0.296 e. The van der Waals surface area contributed by atoms with Gasteiger partial charge in [-0.2, -0.15) is 0 Å². The van der Waals surface area contributed by atoms with Crippen LogP contribution in [0.15, 0.2) is 62.3 Å². The van der Waals surface area contributed by atoms with Gasteiger partial charge in [-0.05, 0) is 32.0 Å². The van der Waals surface area contributed by atoms with Gasteiger partial charge in [0, 0.05) is 11.6 Å². The van der Waals surface area contributed by atoms with Crippen LogP contribution < -0.4 is 10.3 Å². The van der Waals surface area contributed by atoms with E-state index in [-0.39, 0.29) is 28.1 Å². The first-order valence-corrected chi connectivity index (χ1v) is 9.04. The third-order valence-corrected chi connectivity index (χ3v) is 5.09. The van der Waals surface area contributed by atoms with E-state index in [4.69, 9.17) is 8.94 Å². The van der Waals surface area contributed by atoms with Crippen molar-refractivity contribution in [3.63, 3.8) is 0 Å². The molecule has 3 heterocycles. The Morgan fingerprint density at radius 3 is 2.59 bits per heavy atom. The molecule has 0 bridgehead atoms. The predicted molar refractivity (Wildman–Crippen MR) is 104 cm³/mol. The maximum atomic E-state index is 14.8. The van der Waals surface area contributed by atoms with E-state index in [9.17, 15) is 14.0 Å². The number of aryl methyl sites for hydroxylation is 2. The fraction of sp³-hybridized carbons (Fsp3) is 0.136.